The topological polar surface area (TPSA) is 65.5 Å². The SMILES string of the molecule is CCOCCC1(CNC(=NC)N(C)Cc2ncc(-c3ccccc3)[nH]2)CC1.I. The number of hydrogen-bond donors (Lipinski definition) is 2. The van der Waals surface area contributed by atoms with Crippen LogP contribution in [0.2, 0.25) is 0 Å². The molecule has 1 aliphatic rings. The first-order valence-corrected chi connectivity index (χ1v) is 9.74. The molecule has 1 fully saturated rings. The van der Waals surface area contributed by atoms with Crippen molar-refractivity contribution in [1.82, 2.24) is 20.2 Å². The number of H-pyrrole nitrogens is 1. The minimum atomic E-state index is 0. The van der Waals surface area contributed by atoms with Gasteiger partial charge in [-0.25, -0.2) is 4.98 Å². The van der Waals surface area contributed by atoms with Crippen molar-refractivity contribution < 1.29 is 4.74 Å². The Bertz CT molecular complexity index is 742. The van der Waals surface area contributed by atoms with E-state index in [1.807, 2.05) is 45.4 Å². The zero-order valence-electron chi connectivity index (χ0n) is 17.1. The summed E-state index contributed by atoms with van der Waals surface area (Å²) in [5.41, 5.74) is 2.57. The lowest BCUT2D eigenvalue weighted by Crippen LogP contribution is -2.41. The number of benzene rings is 1. The fourth-order valence-corrected chi connectivity index (χ4v) is 3.28. The average molecular weight is 497 g/mol. The highest BCUT2D eigenvalue weighted by Gasteiger charge is 2.42. The van der Waals surface area contributed by atoms with Gasteiger partial charge in [-0.3, -0.25) is 4.99 Å². The van der Waals surface area contributed by atoms with Gasteiger partial charge >= 0.3 is 0 Å². The summed E-state index contributed by atoms with van der Waals surface area (Å²) in [5, 5.41) is 3.54. The van der Waals surface area contributed by atoms with Gasteiger partial charge in [0.1, 0.15) is 5.82 Å². The number of nitrogens with zero attached hydrogens (tertiary/aromatic N) is 3. The lowest BCUT2D eigenvalue weighted by atomic mass is 10.0. The first kappa shape index (κ1) is 22.7. The highest BCUT2D eigenvalue weighted by Crippen LogP contribution is 2.48. The molecule has 0 atom stereocenters. The van der Waals surface area contributed by atoms with Gasteiger partial charge in [0.05, 0.1) is 18.4 Å². The Morgan fingerprint density at radius 2 is 2.07 bits per heavy atom. The van der Waals surface area contributed by atoms with Crippen LogP contribution in [-0.2, 0) is 11.3 Å². The smallest absolute Gasteiger partial charge is 0.193 e. The molecule has 1 saturated carbocycles. The first-order chi connectivity index (χ1) is 13.2. The number of guanidine groups is 1. The van der Waals surface area contributed by atoms with Crippen molar-refractivity contribution in [2.75, 3.05) is 33.9 Å². The van der Waals surface area contributed by atoms with Crippen LogP contribution in [0.25, 0.3) is 11.3 Å². The molecule has 0 unspecified atom stereocenters. The van der Waals surface area contributed by atoms with Gasteiger partial charge < -0.3 is 19.9 Å². The van der Waals surface area contributed by atoms with Gasteiger partial charge in [-0.2, -0.15) is 0 Å². The number of imidazole rings is 1. The zero-order valence-corrected chi connectivity index (χ0v) is 19.4. The van der Waals surface area contributed by atoms with E-state index in [-0.39, 0.29) is 24.0 Å². The summed E-state index contributed by atoms with van der Waals surface area (Å²) in [6.45, 7) is 5.32. The van der Waals surface area contributed by atoms with Crippen LogP contribution in [0.5, 0.6) is 0 Å². The molecule has 1 aromatic heterocycles. The Labute approximate surface area is 185 Å². The van der Waals surface area contributed by atoms with E-state index in [2.05, 4.69) is 37.3 Å². The largest absolute Gasteiger partial charge is 0.382 e. The Kier molecular flexibility index (Phi) is 8.75. The van der Waals surface area contributed by atoms with Crippen LogP contribution >= 0.6 is 24.0 Å². The third-order valence-corrected chi connectivity index (χ3v) is 5.23. The maximum Gasteiger partial charge on any atom is 0.193 e. The van der Waals surface area contributed by atoms with Crippen LogP contribution < -0.4 is 5.32 Å². The van der Waals surface area contributed by atoms with Crippen LogP contribution in [0.15, 0.2) is 41.5 Å². The number of hydrogen-bond acceptors (Lipinski definition) is 3. The molecule has 1 heterocycles. The predicted molar refractivity (Wildman–Crippen MR) is 125 cm³/mol. The molecular formula is C21H32IN5O. The van der Waals surface area contributed by atoms with Gasteiger partial charge in [0.2, 0.25) is 0 Å². The number of aliphatic imine (C=N–C) groups is 1. The second-order valence-electron chi connectivity index (χ2n) is 7.31. The van der Waals surface area contributed by atoms with Crippen molar-refractivity contribution in [1.29, 1.82) is 0 Å². The Hall–Kier alpha value is -1.61. The summed E-state index contributed by atoms with van der Waals surface area (Å²) in [7, 11) is 3.87. The molecule has 154 valence electrons. The normalized spacial score (nSPS) is 15.0. The molecule has 1 aromatic carbocycles. The minimum Gasteiger partial charge on any atom is -0.382 e. The van der Waals surface area contributed by atoms with Gasteiger partial charge in [-0.15, -0.1) is 24.0 Å². The van der Waals surface area contributed by atoms with Crippen molar-refractivity contribution in [2.45, 2.75) is 32.7 Å². The third-order valence-electron chi connectivity index (χ3n) is 5.23. The molecule has 0 amide bonds. The summed E-state index contributed by atoms with van der Waals surface area (Å²) < 4.78 is 5.53. The summed E-state index contributed by atoms with van der Waals surface area (Å²) in [4.78, 5) is 14.5. The molecule has 2 N–H and O–H groups in total. The van der Waals surface area contributed by atoms with E-state index in [4.69, 9.17) is 4.74 Å². The Balaban J connectivity index is 0.00000280. The van der Waals surface area contributed by atoms with E-state index < -0.39 is 0 Å². The van der Waals surface area contributed by atoms with Crippen LogP contribution in [0.3, 0.4) is 0 Å². The molecule has 6 nitrogen and oxygen atoms in total. The molecule has 7 heteroatoms. The van der Waals surface area contributed by atoms with E-state index in [0.717, 1.165) is 49.2 Å². The molecule has 0 saturated heterocycles. The molecule has 0 radical (unpaired) electrons. The minimum absolute atomic E-state index is 0. The highest BCUT2D eigenvalue weighted by molar-refractivity contribution is 14.0. The maximum atomic E-state index is 5.53. The molecule has 1 aliphatic carbocycles. The van der Waals surface area contributed by atoms with Gasteiger partial charge in [-0.05, 0) is 37.2 Å². The third kappa shape index (κ3) is 6.20. The number of ether oxygens (including phenoxy) is 1. The Morgan fingerprint density at radius 3 is 2.71 bits per heavy atom. The van der Waals surface area contributed by atoms with Gasteiger partial charge in [-0.1, -0.05) is 30.3 Å². The highest BCUT2D eigenvalue weighted by atomic mass is 127. The average Bonchev–Trinajstić information content (AvgIpc) is 3.30. The second kappa shape index (κ2) is 10.8. The summed E-state index contributed by atoms with van der Waals surface area (Å²) >= 11 is 0. The van der Waals surface area contributed by atoms with E-state index in [1.165, 1.54) is 12.8 Å². The van der Waals surface area contributed by atoms with Crippen LogP contribution in [-0.4, -0.2) is 54.7 Å². The predicted octanol–water partition coefficient (Wildman–Crippen LogP) is 3.91. The summed E-state index contributed by atoms with van der Waals surface area (Å²) in [6.07, 6.45) is 5.55. The van der Waals surface area contributed by atoms with Crippen LogP contribution in [0, 0.1) is 5.41 Å². The second-order valence-corrected chi connectivity index (χ2v) is 7.31. The number of aromatic amines is 1. The fourth-order valence-electron chi connectivity index (χ4n) is 3.28. The van der Waals surface area contributed by atoms with Crippen molar-refractivity contribution >= 4 is 29.9 Å². The van der Waals surface area contributed by atoms with Gasteiger partial charge in [0.25, 0.3) is 0 Å². The van der Waals surface area contributed by atoms with Gasteiger partial charge in [0, 0.05) is 33.9 Å². The summed E-state index contributed by atoms with van der Waals surface area (Å²) in [5.74, 6) is 1.83. The van der Waals surface area contributed by atoms with E-state index in [9.17, 15) is 0 Å². The maximum absolute atomic E-state index is 5.53. The van der Waals surface area contributed by atoms with Crippen molar-refractivity contribution in [2.24, 2.45) is 10.4 Å². The van der Waals surface area contributed by atoms with Gasteiger partial charge in [0.15, 0.2) is 5.96 Å². The molecule has 28 heavy (non-hydrogen) atoms. The lowest BCUT2D eigenvalue weighted by Gasteiger charge is -2.24. The van der Waals surface area contributed by atoms with Crippen LogP contribution in [0.4, 0.5) is 0 Å². The molecule has 0 bridgehead atoms. The zero-order chi connectivity index (χ0) is 19.1. The molecule has 0 spiro atoms. The number of halogens is 1. The number of nitrogens with one attached hydrogen (secondary N) is 2. The first-order valence-electron chi connectivity index (χ1n) is 9.74. The monoisotopic (exact) mass is 497 g/mol. The quantitative estimate of drug-likeness (QED) is 0.239. The van der Waals surface area contributed by atoms with E-state index in [0.29, 0.717) is 12.0 Å². The lowest BCUT2D eigenvalue weighted by molar-refractivity contribution is 0.128. The Morgan fingerprint density at radius 1 is 1.32 bits per heavy atom. The summed E-state index contributed by atoms with van der Waals surface area (Å²) in [6, 6.07) is 10.3. The van der Waals surface area contributed by atoms with E-state index >= 15 is 0 Å². The van der Waals surface area contributed by atoms with E-state index in [1.54, 1.807) is 0 Å². The standard InChI is InChI=1S/C21H31N5O.HI/c1-4-27-13-12-21(10-11-21)16-24-20(22-2)26(3)15-19-23-14-18(25-19)17-8-6-5-7-9-17;/h5-9,14H,4,10-13,15-16H2,1-3H3,(H,22,24)(H,23,25);1H. The molecular weight excluding hydrogens is 465 g/mol. The fraction of sp³-hybridized carbons (Fsp3) is 0.524. The van der Waals surface area contributed by atoms with Crippen LogP contribution in [0.1, 0.15) is 32.0 Å². The number of aromatic nitrogens is 2. The van der Waals surface area contributed by atoms with Crippen molar-refractivity contribution in [3.63, 3.8) is 0 Å². The van der Waals surface area contributed by atoms with Crippen molar-refractivity contribution in [3.05, 3.63) is 42.4 Å². The number of rotatable bonds is 9. The molecule has 0 aliphatic heterocycles. The molecule has 2 aromatic rings. The van der Waals surface area contributed by atoms with Crippen molar-refractivity contribution in [3.8, 4) is 11.3 Å². The molecule has 3 rings (SSSR count).